The van der Waals surface area contributed by atoms with E-state index in [2.05, 4.69) is 25.6 Å². The van der Waals surface area contributed by atoms with Gasteiger partial charge >= 0.3 is 6.18 Å². The van der Waals surface area contributed by atoms with Crippen molar-refractivity contribution in [1.82, 2.24) is 19.5 Å². The molecule has 0 saturated heterocycles. The van der Waals surface area contributed by atoms with Crippen molar-refractivity contribution in [3.63, 3.8) is 0 Å². The molecule has 0 aliphatic heterocycles. The molecule has 0 aliphatic carbocycles. The van der Waals surface area contributed by atoms with E-state index in [-0.39, 0.29) is 17.3 Å². The molecule has 12 heteroatoms. The van der Waals surface area contributed by atoms with Gasteiger partial charge in [0.1, 0.15) is 5.75 Å². The maximum atomic E-state index is 14.2. The minimum atomic E-state index is -4.58. The molecule has 0 spiro atoms. The van der Waals surface area contributed by atoms with Crippen LogP contribution >= 0.6 is 11.6 Å². The number of alkyl halides is 3. The molecule has 166 valence electrons. The summed E-state index contributed by atoms with van der Waals surface area (Å²) in [6.07, 6.45) is -3.61. The SMILES string of the molecule is COc1ccc(Nc2nc(Nc3ccc4c(c3)nc(C(F)(F)F)n4C)ncc2F)cc1Cl. The number of hydrogen-bond donors (Lipinski definition) is 2. The summed E-state index contributed by atoms with van der Waals surface area (Å²) in [4.78, 5) is 11.6. The molecule has 7 nitrogen and oxygen atoms in total. The van der Waals surface area contributed by atoms with Gasteiger partial charge in [-0.15, -0.1) is 0 Å². The lowest BCUT2D eigenvalue weighted by atomic mass is 10.3. The van der Waals surface area contributed by atoms with E-state index in [9.17, 15) is 17.6 Å². The van der Waals surface area contributed by atoms with E-state index in [1.54, 1.807) is 24.3 Å². The second-order valence-corrected chi connectivity index (χ2v) is 7.09. The Bertz CT molecular complexity index is 1310. The van der Waals surface area contributed by atoms with Crippen LogP contribution in [0.5, 0.6) is 5.75 Å². The number of nitrogens with one attached hydrogen (secondary N) is 2. The number of anilines is 4. The molecule has 2 aromatic heterocycles. The third-order valence-corrected chi connectivity index (χ3v) is 4.84. The smallest absolute Gasteiger partial charge is 0.449 e. The third kappa shape index (κ3) is 4.24. The number of aryl methyl sites for hydroxylation is 1. The minimum absolute atomic E-state index is 0.0276. The highest BCUT2D eigenvalue weighted by molar-refractivity contribution is 6.32. The standard InChI is InChI=1S/C20H15ClF4N6O/c1-31-15-5-3-11(8-14(15)29-18(31)20(23,24)25)28-19-26-9-13(22)17(30-19)27-10-4-6-16(32-2)12(21)7-10/h3-9H,1-2H3,(H2,26,27,28,30). The zero-order chi connectivity index (χ0) is 23.0. The lowest BCUT2D eigenvalue weighted by Gasteiger charge is -2.11. The van der Waals surface area contributed by atoms with Crippen molar-refractivity contribution >= 4 is 45.8 Å². The van der Waals surface area contributed by atoms with Gasteiger partial charge in [-0.05, 0) is 36.4 Å². The predicted octanol–water partition coefficient (Wildman–Crippen LogP) is 5.67. The molecule has 4 rings (SSSR count). The highest BCUT2D eigenvalue weighted by atomic mass is 35.5. The number of rotatable bonds is 5. The minimum Gasteiger partial charge on any atom is -0.495 e. The van der Waals surface area contributed by atoms with E-state index in [1.807, 2.05) is 0 Å². The van der Waals surface area contributed by atoms with E-state index in [4.69, 9.17) is 16.3 Å². The highest BCUT2D eigenvalue weighted by Gasteiger charge is 2.36. The summed E-state index contributed by atoms with van der Waals surface area (Å²) in [6, 6.07) is 9.25. The molecule has 0 bridgehead atoms. The first-order chi connectivity index (χ1) is 15.2. The Balaban J connectivity index is 1.60. The zero-order valence-corrected chi connectivity index (χ0v) is 17.4. The van der Waals surface area contributed by atoms with Crippen LogP contribution in [0.4, 0.5) is 40.7 Å². The van der Waals surface area contributed by atoms with Gasteiger partial charge in [-0.1, -0.05) is 11.6 Å². The van der Waals surface area contributed by atoms with Gasteiger partial charge in [-0.25, -0.2) is 14.4 Å². The van der Waals surface area contributed by atoms with Crippen LogP contribution in [0.1, 0.15) is 5.82 Å². The number of nitrogens with zero attached hydrogens (tertiary/aromatic N) is 4. The number of aromatic nitrogens is 4. The summed E-state index contributed by atoms with van der Waals surface area (Å²) in [5.74, 6) is -1.35. The Kier molecular flexibility index (Phi) is 5.51. The third-order valence-electron chi connectivity index (χ3n) is 4.55. The number of imidazole rings is 1. The normalized spacial score (nSPS) is 11.6. The first-order valence-electron chi connectivity index (χ1n) is 9.09. The van der Waals surface area contributed by atoms with Gasteiger partial charge in [-0.3, -0.25) is 0 Å². The summed E-state index contributed by atoms with van der Waals surface area (Å²) in [6.45, 7) is 0. The Morgan fingerprint density at radius 2 is 1.75 bits per heavy atom. The number of methoxy groups -OCH3 is 1. The van der Waals surface area contributed by atoms with E-state index >= 15 is 0 Å². The van der Waals surface area contributed by atoms with Crippen LogP contribution in [0.15, 0.2) is 42.6 Å². The number of fused-ring (bicyclic) bond motifs is 1. The quantitative estimate of drug-likeness (QED) is 0.369. The molecule has 32 heavy (non-hydrogen) atoms. The number of halogens is 5. The van der Waals surface area contributed by atoms with Gasteiger partial charge < -0.3 is 19.9 Å². The Morgan fingerprint density at radius 1 is 1.03 bits per heavy atom. The molecule has 4 aromatic rings. The van der Waals surface area contributed by atoms with Crippen LogP contribution in [-0.2, 0) is 13.2 Å². The fraction of sp³-hybridized carbons (Fsp3) is 0.150. The summed E-state index contributed by atoms with van der Waals surface area (Å²) in [5, 5.41) is 5.97. The molecule has 2 aromatic carbocycles. The summed E-state index contributed by atoms with van der Waals surface area (Å²) < 4.78 is 59.5. The number of benzene rings is 2. The highest BCUT2D eigenvalue weighted by Crippen LogP contribution is 2.32. The summed E-state index contributed by atoms with van der Waals surface area (Å²) in [7, 11) is 2.76. The molecule has 0 radical (unpaired) electrons. The Morgan fingerprint density at radius 3 is 2.44 bits per heavy atom. The molecule has 0 saturated carbocycles. The van der Waals surface area contributed by atoms with E-state index < -0.39 is 17.8 Å². The van der Waals surface area contributed by atoms with Crippen molar-refractivity contribution in [3.05, 3.63) is 59.3 Å². The molecular weight excluding hydrogens is 452 g/mol. The van der Waals surface area contributed by atoms with E-state index in [0.29, 0.717) is 27.7 Å². The summed E-state index contributed by atoms with van der Waals surface area (Å²) in [5.41, 5.74) is 1.29. The van der Waals surface area contributed by atoms with Crippen LogP contribution in [0.3, 0.4) is 0 Å². The van der Waals surface area contributed by atoms with Crippen molar-refractivity contribution in [2.45, 2.75) is 6.18 Å². The number of hydrogen-bond acceptors (Lipinski definition) is 6. The zero-order valence-electron chi connectivity index (χ0n) is 16.6. The first kappa shape index (κ1) is 21.6. The summed E-state index contributed by atoms with van der Waals surface area (Å²) >= 11 is 6.08. The maximum Gasteiger partial charge on any atom is 0.449 e. The van der Waals surface area contributed by atoms with Crippen molar-refractivity contribution in [3.8, 4) is 5.75 Å². The first-order valence-corrected chi connectivity index (χ1v) is 9.47. The van der Waals surface area contributed by atoms with Gasteiger partial charge in [0.25, 0.3) is 0 Å². The fourth-order valence-electron chi connectivity index (χ4n) is 3.06. The average Bonchev–Trinajstić information content (AvgIpc) is 3.07. The lowest BCUT2D eigenvalue weighted by Crippen LogP contribution is -2.12. The van der Waals surface area contributed by atoms with E-state index in [1.165, 1.54) is 26.3 Å². The monoisotopic (exact) mass is 466 g/mol. The molecule has 0 amide bonds. The molecule has 0 fully saturated rings. The molecule has 2 N–H and O–H groups in total. The topological polar surface area (TPSA) is 76.9 Å². The Hall–Kier alpha value is -3.60. The lowest BCUT2D eigenvalue weighted by molar-refractivity contribution is -0.146. The van der Waals surface area contributed by atoms with Crippen molar-refractivity contribution < 1.29 is 22.3 Å². The molecule has 0 atom stereocenters. The molecule has 0 aliphatic rings. The largest absolute Gasteiger partial charge is 0.495 e. The van der Waals surface area contributed by atoms with Crippen molar-refractivity contribution in [2.75, 3.05) is 17.7 Å². The predicted molar refractivity (Wildman–Crippen MR) is 112 cm³/mol. The van der Waals surface area contributed by atoms with Gasteiger partial charge in [0, 0.05) is 18.4 Å². The van der Waals surface area contributed by atoms with E-state index in [0.717, 1.165) is 10.8 Å². The second kappa shape index (κ2) is 8.15. The molecular formula is C20H15ClF4N6O. The van der Waals surface area contributed by atoms with Crippen LogP contribution in [0.2, 0.25) is 5.02 Å². The fourth-order valence-corrected chi connectivity index (χ4v) is 3.31. The average molecular weight is 467 g/mol. The molecule has 2 heterocycles. The maximum absolute atomic E-state index is 14.2. The van der Waals surface area contributed by atoms with Crippen LogP contribution in [0.25, 0.3) is 11.0 Å². The number of ether oxygens (including phenoxy) is 1. The van der Waals surface area contributed by atoms with Crippen LogP contribution < -0.4 is 15.4 Å². The van der Waals surface area contributed by atoms with Gasteiger partial charge in [0.15, 0.2) is 11.6 Å². The van der Waals surface area contributed by atoms with Crippen molar-refractivity contribution in [1.29, 1.82) is 0 Å². The van der Waals surface area contributed by atoms with Crippen LogP contribution in [-0.4, -0.2) is 26.6 Å². The second-order valence-electron chi connectivity index (χ2n) is 6.69. The van der Waals surface area contributed by atoms with Gasteiger partial charge in [0.2, 0.25) is 11.8 Å². The van der Waals surface area contributed by atoms with Crippen LogP contribution in [0, 0.1) is 5.82 Å². The Labute approximate surface area is 184 Å². The van der Waals surface area contributed by atoms with Crippen molar-refractivity contribution in [2.24, 2.45) is 7.05 Å². The van der Waals surface area contributed by atoms with Gasteiger partial charge in [0.05, 0.1) is 29.4 Å². The molecule has 0 unspecified atom stereocenters. The van der Waals surface area contributed by atoms with Gasteiger partial charge in [-0.2, -0.15) is 18.2 Å².